The molecule has 0 fully saturated rings. The Morgan fingerprint density at radius 3 is 2.73 bits per heavy atom. The molecule has 3 nitrogen and oxygen atoms in total. The average molecular weight is 354 g/mol. The SMILES string of the molecule is CC(C)CCC(=O)N[C@@H]1C=CC2=C(C1)[C@@H](COC(C)C)c1ccccc12. The third-order valence-electron chi connectivity index (χ3n) is 5.22. The van der Waals surface area contributed by atoms with Gasteiger partial charge >= 0.3 is 0 Å². The Balaban J connectivity index is 1.72. The van der Waals surface area contributed by atoms with Gasteiger partial charge in [-0.15, -0.1) is 0 Å². The Hall–Kier alpha value is -1.87. The first-order valence-electron chi connectivity index (χ1n) is 9.87. The molecule has 3 heteroatoms. The first-order chi connectivity index (χ1) is 12.5. The molecule has 2 atom stereocenters. The van der Waals surface area contributed by atoms with Crippen molar-refractivity contribution in [2.45, 2.75) is 65.0 Å². The van der Waals surface area contributed by atoms with Gasteiger partial charge in [0, 0.05) is 12.3 Å². The van der Waals surface area contributed by atoms with Gasteiger partial charge in [-0.05, 0) is 49.3 Å². The van der Waals surface area contributed by atoms with E-state index in [9.17, 15) is 4.79 Å². The summed E-state index contributed by atoms with van der Waals surface area (Å²) in [6.07, 6.45) is 6.98. The summed E-state index contributed by atoms with van der Waals surface area (Å²) in [7, 11) is 0. The molecule has 3 rings (SSSR count). The minimum absolute atomic E-state index is 0.0873. The van der Waals surface area contributed by atoms with Crippen LogP contribution >= 0.6 is 0 Å². The van der Waals surface area contributed by atoms with Crippen molar-refractivity contribution in [3.8, 4) is 0 Å². The van der Waals surface area contributed by atoms with Gasteiger partial charge in [0.1, 0.15) is 0 Å². The number of carbonyl (C=O) groups is 1. The van der Waals surface area contributed by atoms with Crippen LogP contribution in [0.3, 0.4) is 0 Å². The highest BCUT2D eigenvalue weighted by Crippen LogP contribution is 2.46. The zero-order valence-corrected chi connectivity index (χ0v) is 16.4. The van der Waals surface area contributed by atoms with E-state index in [1.807, 2.05) is 0 Å². The molecule has 1 aromatic carbocycles. The molecule has 0 radical (unpaired) electrons. The van der Waals surface area contributed by atoms with Crippen LogP contribution in [0.15, 0.2) is 42.0 Å². The largest absolute Gasteiger partial charge is 0.378 e. The fourth-order valence-corrected chi connectivity index (χ4v) is 3.84. The zero-order valence-electron chi connectivity index (χ0n) is 16.4. The molecular formula is C23H31NO2. The summed E-state index contributed by atoms with van der Waals surface area (Å²) in [6.45, 7) is 9.17. The average Bonchev–Trinajstić information content (AvgIpc) is 2.91. The summed E-state index contributed by atoms with van der Waals surface area (Å²) >= 11 is 0. The van der Waals surface area contributed by atoms with Crippen LogP contribution < -0.4 is 5.32 Å². The molecule has 0 aliphatic heterocycles. The first-order valence-corrected chi connectivity index (χ1v) is 9.87. The number of hydrogen-bond donors (Lipinski definition) is 1. The van der Waals surface area contributed by atoms with E-state index in [4.69, 9.17) is 4.74 Å². The number of carbonyl (C=O) groups excluding carboxylic acids is 1. The molecule has 2 aliphatic rings. The Bertz CT molecular complexity index is 715. The second-order valence-electron chi connectivity index (χ2n) is 8.13. The van der Waals surface area contributed by atoms with Crippen LogP contribution in [-0.2, 0) is 9.53 Å². The van der Waals surface area contributed by atoms with Gasteiger partial charge in [0.15, 0.2) is 0 Å². The van der Waals surface area contributed by atoms with E-state index in [0.717, 1.165) is 12.8 Å². The van der Waals surface area contributed by atoms with E-state index in [-0.39, 0.29) is 18.1 Å². The number of benzene rings is 1. The standard InChI is InChI=1S/C23H31NO2/c1-15(2)9-12-23(25)24-17-10-11-20-18-7-5-6-8-19(18)22(21(20)13-17)14-26-16(3)4/h5-8,10-11,15-17,22H,9,12-14H2,1-4H3,(H,24,25)/t17-,22+/m1/s1. The molecular weight excluding hydrogens is 322 g/mol. The van der Waals surface area contributed by atoms with Crippen molar-refractivity contribution in [2.24, 2.45) is 5.92 Å². The molecule has 0 unspecified atom stereocenters. The topological polar surface area (TPSA) is 38.3 Å². The smallest absolute Gasteiger partial charge is 0.220 e. The van der Waals surface area contributed by atoms with Crippen LogP contribution in [0.25, 0.3) is 5.57 Å². The number of fused-ring (bicyclic) bond motifs is 2. The fourth-order valence-electron chi connectivity index (χ4n) is 3.84. The summed E-state index contributed by atoms with van der Waals surface area (Å²) < 4.78 is 5.97. The Morgan fingerprint density at radius 1 is 1.23 bits per heavy atom. The second-order valence-corrected chi connectivity index (χ2v) is 8.13. The highest BCUT2D eigenvalue weighted by molar-refractivity contribution is 5.86. The van der Waals surface area contributed by atoms with Crippen molar-refractivity contribution in [3.05, 3.63) is 53.1 Å². The predicted octanol–water partition coefficient (Wildman–Crippen LogP) is 4.84. The lowest BCUT2D eigenvalue weighted by molar-refractivity contribution is -0.121. The van der Waals surface area contributed by atoms with E-state index in [2.05, 4.69) is 69.4 Å². The highest BCUT2D eigenvalue weighted by atomic mass is 16.5. The maximum Gasteiger partial charge on any atom is 0.220 e. The summed E-state index contributed by atoms with van der Waals surface area (Å²) in [5.74, 6) is 1.00. The van der Waals surface area contributed by atoms with Crippen molar-refractivity contribution < 1.29 is 9.53 Å². The molecule has 0 spiro atoms. The molecule has 140 valence electrons. The monoisotopic (exact) mass is 353 g/mol. The third-order valence-corrected chi connectivity index (χ3v) is 5.22. The van der Waals surface area contributed by atoms with Crippen LogP contribution in [0.5, 0.6) is 0 Å². The quantitative estimate of drug-likeness (QED) is 0.761. The van der Waals surface area contributed by atoms with Gasteiger partial charge in [0.25, 0.3) is 0 Å². The molecule has 1 aromatic rings. The molecule has 2 aliphatic carbocycles. The lowest BCUT2D eigenvalue weighted by Crippen LogP contribution is -2.35. The fraction of sp³-hybridized carbons (Fsp3) is 0.522. The molecule has 0 saturated heterocycles. The van der Waals surface area contributed by atoms with Gasteiger partial charge in [-0.1, -0.05) is 55.8 Å². The van der Waals surface area contributed by atoms with Crippen molar-refractivity contribution in [1.82, 2.24) is 5.32 Å². The molecule has 1 amide bonds. The maximum absolute atomic E-state index is 12.2. The van der Waals surface area contributed by atoms with Gasteiger partial charge in [-0.25, -0.2) is 0 Å². The van der Waals surface area contributed by atoms with Crippen LogP contribution in [0, 0.1) is 5.92 Å². The normalized spacial score (nSPS) is 21.3. The summed E-state index contributed by atoms with van der Waals surface area (Å²) in [5.41, 5.74) is 5.41. The van der Waals surface area contributed by atoms with Crippen LogP contribution in [-0.4, -0.2) is 24.7 Å². The molecule has 1 N–H and O–H groups in total. The zero-order chi connectivity index (χ0) is 18.7. The molecule has 0 heterocycles. The van der Waals surface area contributed by atoms with Gasteiger partial charge < -0.3 is 10.1 Å². The van der Waals surface area contributed by atoms with E-state index < -0.39 is 0 Å². The summed E-state index contributed by atoms with van der Waals surface area (Å²) in [6, 6.07) is 8.71. The van der Waals surface area contributed by atoms with E-state index >= 15 is 0 Å². The van der Waals surface area contributed by atoms with Gasteiger partial charge in [0.05, 0.1) is 18.8 Å². The van der Waals surface area contributed by atoms with Gasteiger partial charge in [0.2, 0.25) is 5.91 Å². The van der Waals surface area contributed by atoms with Crippen molar-refractivity contribution in [2.75, 3.05) is 6.61 Å². The Kier molecular flexibility index (Phi) is 5.98. The summed E-state index contributed by atoms with van der Waals surface area (Å²) in [4.78, 5) is 12.2. The minimum atomic E-state index is 0.0873. The van der Waals surface area contributed by atoms with Crippen molar-refractivity contribution in [1.29, 1.82) is 0 Å². The minimum Gasteiger partial charge on any atom is -0.378 e. The molecule has 0 bridgehead atoms. The van der Waals surface area contributed by atoms with E-state index in [1.165, 1.54) is 22.3 Å². The van der Waals surface area contributed by atoms with Gasteiger partial charge in [-0.3, -0.25) is 4.79 Å². The van der Waals surface area contributed by atoms with Crippen LogP contribution in [0.2, 0.25) is 0 Å². The van der Waals surface area contributed by atoms with Crippen molar-refractivity contribution in [3.63, 3.8) is 0 Å². The number of rotatable bonds is 7. The van der Waals surface area contributed by atoms with Gasteiger partial charge in [-0.2, -0.15) is 0 Å². The van der Waals surface area contributed by atoms with Crippen LogP contribution in [0.1, 0.15) is 64.0 Å². The second kappa shape index (κ2) is 8.22. The molecule has 26 heavy (non-hydrogen) atoms. The number of allylic oxidation sites excluding steroid dienone is 2. The van der Waals surface area contributed by atoms with E-state index in [0.29, 0.717) is 24.9 Å². The van der Waals surface area contributed by atoms with Crippen molar-refractivity contribution >= 4 is 11.5 Å². The summed E-state index contributed by atoms with van der Waals surface area (Å²) in [5, 5.41) is 3.20. The van der Waals surface area contributed by atoms with E-state index in [1.54, 1.807) is 0 Å². The number of nitrogens with one attached hydrogen (secondary N) is 1. The maximum atomic E-state index is 12.2. The first kappa shape index (κ1) is 18.9. The molecule has 0 saturated carbocycles. The lowest BCUT2D eigenvalue weighted by Gasteiger charge is -2.25. The Labute approximate surface area is 157 Å². The van der Waals surface area contributed by atoms with Crippen LogP contribution in [0.4, 0.5) is 0 Å². The number of hydrogen-bond acceptors (Lipinski definition) is 2. The highest BCUT2D eigenvalue weighted by Gasteiger charge is 2.33. The lowest BCUT2D eigenvalue weighted by atomic mass is 9.89. The third kappa shape index (κ3) is 4.27. The molecule has 0 aromatic heterocycles. The Morgan fingerprint density at radius 2 is 2.00 bits per heavy atom. The number of amides is 1. The number of ether oxygens (including phenoxy) is 1. The predicted molar refractivity (Wildman–Crippen MR) is 107 cm³/mol.